The zero-order valence-corrected chi connectivity index (χ0v) is 10.7. The second kappa shape index (κ2) is 6.81. The highest BCUT2D eigenvalue weighted by Gasteiger charge is 2.20. The van der Waals surface area contributed by atoms with Crippen LogP contribution in [0.3, 0.4) is 0 Å². The minimum Gasteiger partial charge on any atom is -0.497 e. The predicted octanol–water partition coefficient (Wildman–Crippen LogP) is 1.35. The summed E-state index contributed by atoms with van der Waals surface area (Å²) in [6, 6.07) is 4.98. The first-order valence-electron chi connectivity index (χ1n) is 5.44. The molecule has 1 aromatic rings. The van der Waals surface area contributed by atoms with E-state index in [1.807, 2.05) is 0 Å². The Labute approximate surface area is 106 Å². The van der Waals surface area contributed by atoms with Crippen molar-refractivity contribution in [2.24, 2.45) is 0 Å². The van der Waals surface area contributed by atoms with Gasteiger partial charge in [0.25, 0.3) is 0 Å². The number of aliphatic hydroxyl groups excluding tert-OH is 2. The number of halogens is 1. The van der Waals surface area contributed by atoms with Crippen LogP contribution in [0.5, 0.6) is 5.75 Å². The van der Waals surface area contributed by atoms with Crippen LogP contribution in [0.1, 0.15) is 18.1 Å². The summed E-state index contributed by atoms with van der Waals surface area (Å²) in [4.78, 5) is 0. The fraction of sp³-hybridized carbons (Fsp3) is 0.500. The van der Waals surface area contributed by atoms with Crippen molar-refractivity contribution in [3.05, 3.63) is 28.8 Å². The van der Waals surface area contributed by atoms with Crippen molar-refractivity contribution in [1.29, 1.82) is 0 Å². The lowest BCUT2D eigenvalue weighted by Crippen LogP contribution is -2.23. The van der Waals surface area contributed by atoms with Gasteiger partial charge in [-0.1, -0.05) is 17.7 Å². The zero-order chi connectivity index (χ0) is 12.8. The van der Waals surface area contributed by atoms with Crippen molar-refractivity contribution in [3.8, 4) is 5.75 Å². The van der Waals surface area contributed by atoms with E-state index in [2.05, 4.69) is 5.32 Å². The number of methoxy groups -OCH3 is 1. The van der Waals surface area contributed by atoms with Crippen LogP contribution < -0.4 is 10.1 Å². The number of rotatable bonds is 6. The van der Waals surface area contributed by atoms with Crippen LogP contribution in [0.2, 0.25) is 5.02 Å². The minimum absolute atomic E-state index is 0.389. The van der Waals surface area contributed by atoms with E-state index in [-0.39, 0.29) is 0 Å². The number of ether oxygens (including phenoxy) is 1. The Morgan fingerprint density at radius 1 is 1.41 bits per heavy atom. The zero-order valence-electron chi connectivity index (χ0n) is 9.98. The Bertz CT molecular complexity index is 360. The minimum atomic E-state index is -0.984. The van der Waals surface area contributed by atoms with Crippen molar-refractivity contribution >= 4 is 11.6 Å². The maximum atomic E-state index is 9.96. The summed E-state index contributed by atoms with van der Waals surface area (Å²) in [7, 11) is 3.34. The van der Waals surface area contributed by atoms with E-state index in [0.717, 1.165) is 0 Å². The van der Waals surface area contributed by atoms with Gasteiger partial charge in [-0.3, -0.25) is 0 Å². The number of benzene rings is 1. The van der Waals surface area contributed by atoms with Crippen LogP contribution in [0.15, 0.2) is 18.2 Å². The molecular formula is C12H18ClNO3. The highest BCUT2D eigenvalue weighted by molar-refractivity contribution is 6.31. The average molecular weight is 260 g/mol. The molecule has 0 aliphatic heterocycles. The molecule has 0 saturated carbocycles. The average Bonchev–Trinajstić information content (AvgIpc) is 2.34. The standard InChI is InChI=1S/C12H18ClNO3/c1-14-6-5-11(15)12(16)9-4-3-8(17-2)7-10(9)13/h3-4,7,11-12,14-16H,5-6H2,1-2H3. The molecule has 0 saturated heterocycles. The molecule has 0 bridgehead atoms. The molecule has 0 aromatic heterocycles. The van der Waals surface area contributed by atoms with E-state index < -0.39 is 12.2 Å². The lowest BCUT2D eigenvalue weighted by Gasteiger charge is -2.19. The maximum absolute atomic E-state index is 9.96. The topological polar surface area (TPSA) is 61.7 Å². The summed E-state index contributed by atoms with van der Waals surface area (Å²) in [5, 5.41) is 23.0. The van der Waals surface area contributed by atoms with Gasteiger partial charge in [-0.15, -0.1) is 0 Å². The largest absolute Gasteiger partial charge is 0.497 e. The number of hydrogen-bond donors (Lipinski definition) is 3. The van der Waals surface area contributed by atoms with Gasteiger partial charge in [0.05, 0.1) is 18.2 Å². The highest BCUT2D eigenvalue weighted by atomic mass is 35.5. The van der Waals surface area contributed by atoms with E-state index in [1.54, 1.807) is 32.4 Å². The van der Waals surface area contributed by atoms with Crippen molar-refractivity contribution in [3.63, 3.8) is 0 Å². The molecule has 4 nitrogen and oxygen atoms in total. The Morgan fingerprint density at radius 2 is 2.12 bits per heavy atom. The molecule has 2 atom stereocenters. The lowest BCUT2D eigenvalue weighted by molar-refractivity contribution is 0.0140. The van der Waals surface area contributed by atoms with Gasteiger partial charge in [0.2, 0.25) is 0 Å². The van der Waals surface area contributed by atoms with Crippen molar-refractivity contribution in [1.82, 2.24) is 5.32 Å². The molecule has 1 aromatic carbocycles. The SMILES string of the molecule is CNCCC(O)C(O)c1ccc(OC)cc1Cl. The lowest BCUT2D eigenvalue weighted by atomic mass is 10.0. The van der Waals surface area contributed by atoms with Crippen LogP contribution in [-0.2, 0) is 0 Å². The second-order valence-corrected chi connectivity index (χ2v) is 4.20. The second-order valence-electron chi connectivity index (χ2n) is 3.79. The molecule has 0 fully saturated rings. The fourth-order valence-electron chi connectivity index (χ4n) is 1.53. The van der Waals surface area contributed by atoms with Crippen LogP contribution in [0.4, 0.5) is 0 Å². The molecule has 0 amide bonds. The molecule has 0 aliphatic rings. The Hall–Kier alpha value is -0.810. The van der Waals surface area contributed by atoms with Gasteiger partial charge in [-0.2, -0.15) is 0 Å². The summed E-state index contributed by atoms with van der Waals surface area (Å²) in [6.07, 6.45) is -1.37. The summed E-state index contributed by atoms with van der Waals surface area (Å²) in [5.41, 5.74) is 0.510. The monoisotopic (exact) mass is 259 g/mol. The molecule has 17 heavy (non-hydrogen) atoms. The summed E-state index contributed by atoms with van der Waals surface area (Å²) < 4.78 is 5.02. The molecule has 2 unspecified atom stereocenters. The van der Waals surface area contributed by atoms with Crippen molar-refractivity contribution in [2.45, 2.75) is 18.6 Å². The maximum Gasteiger partial charge on any atom is 0.120 e. The van der Waals surface area contributed by atoms with Crippen LogP contribution in [0, 0.1) is 0 Å². The van der Waals surface area contributed by atoms with E-state index in [9.17, 15) is 10.2 Å². The first-order valence-corrected chi connectivity index (χ1v) is 5.82. The third-order valence-corrected chi connectivity index (χ3v) is 2.91. The molecule has 0 aliphatic carbocycles. The third kappa shape index (κ3) is 3.85. The molecular weight excluding hydrogens is 242 g/mol. The van der Waals surface area contributed by atoms with Crippen molar-refractivity contribution in [2.75, 3.05) is 20.7 Å². The molecule has 0 radical (unpaired) electrons. The van der Waals surface area contributed by atoms with E-state index in [4.69, 9.17) is 16.3 Å². The van der Waals surface area contributed by atoms with Gasteiger partial charge in [0, 0.05) is 5.56 Å². The predicted molar refractivity (Wildman–Crippen MR) is 67.5 cm³/mol. The Kier molecular flexibility index (Phi) is 5.71. The quantitative estimate of drug-likeness (QED) is 0.722. The van der Waals surface area contributed by atoms with Gasteiger partial charge in [-0.05, 0) is 32.1 Å². The molecule has 5 heteroatoms. The van der Waals surface area contributed by atoms with Gasteiger partial charge >= 0.3 is 0 Å². The molecule has 1 rings (SSSR count). The van der Waals surface area contributed by atoms with Gasteiger partial charge in [-0.25, -0.2) is 0 Å². The summed E-state index contributed by atoms with van der Waals surface area (Å²) >= 11 is 6.01. The van der Waals surface area contributed by atoms with Crippen molar-refractivity contribution < 1.29 is 14.9 Å². The number of hydrogen-bond acceptors (Lipinski definition) is 4. The van der Waals surface area contributed by atoms with E-state index >= 15 is 0 Å². The van der Waals surface area contributed by atoms with Gasteiger partial charge in [0.1, 0.15) is 11.9 Å². The molecule has 0 heterocycles. The Morgan fingerprint density at radius 3 is 2.65 bits per heavy atom. The van der Waals surface area contributed by atoms with E-state index in [0.29, 0.717) is 29.3 Å². The number of aliphatic hydroxyl groups is 2. The molecule has 0 spiro atoms. The normalized spacial score (nSPS) is 14.4. The Balaban J connectivity index is 2.77. The molecule has 3 N–H and O–H groups in total. The van der Waals surface area contributed by atoms with E-state index in [1.165, 1.54) is 0 Å². The van der Waals surface area contributed by atoms with Gasteiger partial charge in [0.15, 0.2) is 0 Å². The first-order chi connectivity index (χ1) is 8.10. The summed E-state index contributed by atoms with van der Waals surface area (Å²) in [5.74, 6) is 0.621. The fourth-order valence-corrected chi connectivity index (χ4v) is 1.81. The van der Waals surface area contributed by atoms with Gasteiger partial charge < -0.3 is 20.3 Å². The summed E-state index contributed by atoms with van der Waals surface area (Å²) in [6.45, 7) is 0.631. The van der Waals surface area contributed by atoms with Crippen LogP contribution >= 0.6 is 11.6 Å². The molecule has 96 valence electrons. The van der Waals surface area contributed by atoms with Crippen LogP contribution in [-0.4, -0.2) is 37.0 Å². The highest BCUT2D eigenvalue weighted by Crippen LogP contribution is 2.29. The first kappa shape index (κ1) is 14.3. The van der Waals surface area contributed by atoms with Crippen LogP contribution in [0.25, 0.3) is 0 Å². The third-order valence-electron chi connectivity index (χ3n) is 2.58. The smallest absolute Gasteiger partial charge is 0.120 e. The number of nitrogens with one attached hydrogen (secondary N) is 1.